The van der Waals surface area contributed by atoms with Crippen molar-refractivity contribution >= 4 is 16.3 Å². The third-order valence-corrected chi connectivity index (χ3v) is 5.11. The molecule has 0 aromatic heterocycles. The summed E-state index contributed by atoms with van der Waals surface area (Å²) in [7, 11) is 5.03. The van der Waals surface area contributed by atoms with E-state index in [-0.39, 0.29) is 0 Å². The Morgan fingerprint density at radius 1 is 1.04 bits per heavy atom. The Morgan fingerprint density at radius 3 is 2.54 bits per heavy atom. The van der Waals surface area contributed by atoms with Gasteiger partial charge in [0.15, 0.2) is 5.79 Å². The minimum atomic E-state index is -0.730. The fraction of sp³-hybridized carbons (Fsp3) is 0.273. The molecule has 134 valence electrons. The lowest BCUT2D eigenvalue weighted by Gasteiger charge is -2.33. The van der Waals surface area contributed by atoms with E-state index in [1.54, 1.807) is 21.3 Å². The summed E-state index contributed by atoms with van der Waals surface area (Å²) in [4.78, 5) is 0. The number of allylic oxidation sites excluding steroid dienone is 3. The minimum absolute atomic E-state index is 0.526. The number of hydrogen-bond donors (Lipinski definition) is 0. The van der Waals surface area contributed by atoms with E-state index in [0.717, 1.165) is 39.0 Å². The molecule has 2 aromatic carbocycles. The molecule has 1 aliphatic carbocycles. The monoisotopic (exact) mass is 350 g/mol. The van der Waals surface area contributed by atoms with E-state index < -0.39 is 5.79 Å². The van der Waals surface area contributed by atoms with Crippen molar-refractivity contribution in [1.82, 2.24) is 0 Å². The molecular formula is C22H22O4. The highest BCUT2D eigenvalue weighted by molar-refractivity contribution is 6.03. The van der Waals surface area contributed by atoms with Gasteiger partial charge in [-0.1, -0.05) is 36.4 Å². The van der Waals surface area contributed by atoms with Gasteiger partial charge in [-0.2, -0.15) is 0 Å². The van der Waals surface area contributed by atoms with Crippen LogP contribution >= 0.6 is 0 Å². The van der Waals surface area contributed by atoms with Gasteiger partial charge in [-0.25, -0.2) is 0 Å². The maximum Gasteiger partial charge on any atom is 0.191 e. The first-order valence-corrected chi connectivity index (χ1v) is 8.63. The molecule has 0 unspecified atom stereocenters. The lowest BCUT2D eigenvalue weighted by Crippen LogP contribution is -2.33. The highest BCUT2D eigenvalue weighted by atomic mass is 16.7. The summed E-state index contributed by atoms with van der Waals surface area (Å²) >= 11 is 0. The van der Waals surface area contributed by atoms with Gasteiger partial charge in [0.25, 0.3) is 0 Å². The lowest BCUT2D eigenvalue weighted by molar-refractivity contribution is -0.168. The largest absolute Gasteiger partial charge is 0.496 e. The molecule has 4 rings (SSSR count). The number of methoxy groups -OCH3 is 3. The Kier molecular flexibility index (Phi) is 4.31. The SMILES string of the molecule is COc1cc2c(c3ccccc13)C(C1=CC=CC(OC)(OC)C1)=CCO2. The smallest absolute Gasteiger partial charge is 0.191 e. The van der Waals surface area contributed by atoms with Gasteiger partial charge in [0.1, 0.15) is 18.1 Å². The zero-order valence-electron chi connectivity index (χ0n) is 15.2. The molecule has 0 bridgehead atoms. The fourth-order valence-corrected chi connectivity index (χ4v) is 3.73. The molecular weight excluding hydrogens is 328 g/mol. The quantitative estimate of drug-likeness (QED) is 0.761. The van der Waals surface area contributed by atoms with E-state index in [9.17, 15) is 0 Å². The van der Waals surface area contributed by atoms with Gasteiger partial charge in [0, 0.05) is 37.7 Å². The Morgan fingerprint density at radius 2 is 1.81 bits per heavy atom. The van der Waals surface area contributed by atoms with Crippen molar-refractivity contribution in [2.24, 2.45) is 0 Å². The molecule has 0 amide bonds. The number of benzene rings is 2. The number of ether oxygens (including phenoxy) is 4. The second-order valence-electron chi connectivity index (χ2n) is 6.37. The van der Waals surface area contributed by atoms with Crippen LogP contribution in [0.5, 0.6) is 11.5 Å². The Bertz CT molecular complexity index is 933. The summed E-state index contributed by atoms with van der Waals surface area (Å²) in [6, 6.07) is 10.2. The van der Waals surface area contributed by atoms with Crippen molar-refractivity contribution in [2.75, 3.05) is 27.9 Å². The first-order valence-electron chi connectivity index (χ1n) is 8.63. The maximum atomic E-state index is 5.94. The van der Waals surface area contributed by atoms with Crippen LogP contribution in [0.2, 0.25) is 0 Å². The van der Waals surface area contributed by atoms with Gasteiger partial charge in [0.05, 0.1) is 7.11 Å². The Hall–Kier alpha value is -2.56. The van der Waals surface area contributed by atoms with Gasteiger partial charge in [0.2, 0.25) is 0 Å². The Balaban J connectivity index is 1.88. The van der Waals surface area contributed by atoms with Crippen molar-refractivity contribution in [3.8, 4) is 11.5 Å². The normalized spacial score (nSPS) is 18.0. The van der Waals surface area contributed by atoms with Gasteiger partial charge < -0.3 is 18.9 Å². The molecule has 26 heavy (non-hydrogen) atoms. The molecule has 0 spiro atoms. The topological polar surface area (TPSA) is 36.9 Å². The van der Waals surface area contributed by atoms with Crippen LogP contribution in [-0.4, -0.2) is 33.7 Å². The standard InChI is InChI=1S/C22H22O4/c1-23-19-13-20-21(18-9-5-4-8-17(18)19)16(10-12-26-20)15-7-6-11-22(14-15,24-2)25-3/h4-11,13H,12,14H2,1-3H3. The molecule has 4 heteroatoms. The molecule has 0 saturated carbocycles. The van der Waals surface area contributed by atoms with Gasteiger partial charge in [-0.15, -0.1) is 0 Å². The van der Waals surface area contributed by atoms with E-state index in [0.29, 0.717) is 13.0 Å². The second kappa shape index (κ2) is 6.63. The molecule has 2 aromatic rings. The van der Waals surface area contributed by atoms with E-state index in [4.69, 9.17) is 18.9 Å². The van der Waals surface area contributed by atoms with E-state index in [2.05, 4.69) is 24.3 Å². The third kappa shape index (κ3) is 2.62. The van der Waals surface area contributed by atoms with Crippen LogP contribution in [0.25, 0.3) is 16.3 Å². The van der Waals surface area contributed by atoms with Crippen molar-refractivity contribution < 1.29 is 18.9 Å². The van der Waals surface area contributed by atoms with Gasteiger partial charge >= 0.3 is 0 Å². The summed E-state index contributed by atoms with van der Waals surface area (Å²) in [5.41, 5.74) is 3.42. The minimum Gasteiger partial charge on any atom is -0.496 e. The average Bonchev–Trinajstić information content (AvgIpc) is 2.72. The summed E-state index contributed by atoms with van der Waals surface area (Å²) in [6.07, 6.45) is 8.83. The van der Waals surface area contributed by atoms with Gasteiger partial charge in [-0.3, -0.25) is 0 Å². The highest BCUT2D eigenvalue weighted by Gasteiger charge is 2.32. The molecule has 0 fully saturated rings. The second-order valence-corrected chi connectivity index (χ2v) is 6.37. The molecule has 0 saturated heterocycles. The van der Waals surface area contributed by atoms with E-state index >= 15 is 0 Å². The number of hydrogen-bond acceptors (Lipinski definition) is 4. The predicted octanol–water partition coefficient (Wildman–Crippen LogP) is 4.50. The van der Waals surface area contributed by atoms with Crippen LogP contribution in [0, 0.1) is 0 Å². The molecule has 4 nitrogen and oxygen atoms in total. The number of rotatable bonds is 4. The lowest BCUT2D eigenvalue weighted by atomic mass is 9.85. The summed E-state index contributed by atoms with van der Waals surface area (Å²) in [6.45, 7) is 0.526. The first-order chi connectivity index (χ1) is 12.7. The van der Waals surface area contributed by atoms with Crippen LogP contribution in [0.3, 0.4) is 0 Å². The molecule has 1 heterocycles. The predicted molar refractivity (Wildman–Crippen MR) is 103 cm³/mol. The van der Waals surface area contributed by atoms with Crippen molar-refractivity contribution in [1.29, 1.82) is 0 Å². The van der Waals surface area contributed by atoms with E-state index in [1.165, 1.54) is 0 Å². The molecule has 0 atom stereocenters. The zero-order chi connectivity index (χ0) is 18.1. The number of fused-ring (bicyclic) bond motifs is 3. The van der Waals surface area contributed by atoms with Crippen LogP contribution in [0.15, 0.2) is 60.2 Å². The maximum absolute atomic E-state index is 5.94. The highest BCUT2D eigenvalue weighted by Crippen LogP contribution is 2.45. The van der Waals surface area contributed by atoms with Crippen molar-refractivity contribution in [3.63, 3.8) is 0 Å². The van der Waals surface area contributed by atoms with E-state index in [1.807, 2.05) is 30.4 Å². The average molecular weight is 350 g/mol. The van der Waals surface area contributed by atoms with Crippen LogP contribution in [0.4, 0.5) is 0 Å². The molecule has 0 N–H and O–H groups in total. The summed E-state index contributed by atoms with van der Waals surface area (Å²) < 4.78 is 22.8. The van der Waals surface area contributed by atoms with Crippen LogP contribution in [0.1, 0.15) is 12.0 Å². The van der Waals surface area contributed by atoms with Crippen LogP contribution in [-0.2, 0) is 9.47 Å². The zero-order valence-corrected chi connectivity index (χ0v) is 15.2. The third-order valence-electron chi connectivity index (χ3n) is 5.11. The summed E-state index contributed by atoms with van der Waals surface area (Å²) in [5, 5.41) is 2.19. The summed E-state index contributed by atoms with van der Waals surface area (Å²) in [5.74, 6) is 0.932. The van der Waals surface area contributed by atoms with Gasteiger partial charge in [-0.05, 0) is 28.7 Å². The fourth-order valence-electron chi connectivity index (χ4n) is 3.73. The Labute approximate surface area is 153 Å². The van der Waals surface area contributed by atoms with Crippen LogP contribution < -0.4 is 9.47 Å². The molecule has 0 radical (unpaired) electrons. The molecule has 1 aliphatic heterocycles. The van der Waals surface area contributed by atoms with Crippen molar-refractivity contribution in [2.45, 2.75) is 12.2 Å². The van der Waals surface area contributed by atoms with Crippen molar-refractivity contribution in [3.05, 3.63) is 65.8 Å². The molecule has 2 aliphatic rings. The first kappa shape index (κ1) is 16.9.